The topological polar surface area (TPSA) is 112 Å². The van der Waals surface area contributed by atoms with Gasteiger partial charge in [-0.05, 0) is 37.1 Å². The van der Waals surface area contributed by atoms with Gasteiger partial charge in [-0.3, -0.25) is 19.3 Å². The van der Waals surface area contributed by atoms with E-state index in [-0.39, 0.29) is 24.2 Å². The van der Waals surface area contributed by atoms with Crippen LogP contribution in [0, 0.1) is 11.8 Å². The lowest BCUT2D eigenvalue weighted by Gasteiger charge is -2.29. The molecular formula is C27H27N3O6. The number of pyridine rings is 1. The van der Waals surface area contributed by atoms with Crippen LogP contribution in [0.2, 0.25) is 0 Å². The van der Waals surface area contributed by atoms with Gasteiger partial charge in [0.15, 0.2) is 0 Å². The zero-order valence-electron chi connectivity index (χ0n) is 20.0. The molecule has 1 saturated heterocycles. The second kappa shape index (κ2) is 10.4. The maximum absolute atomic E-state index is 13.6. The Morgan fingerprint density at radius 2 is 1.86 bits per heavy atom. The van der Waals surface area contributed by atoms with Gasteiger partial charge in [-0.25, -0.2) is 4.98 Å². The highest BCUT2D eigenvalue weighted by atomic mass is 16.5. The molecule has 0 N–H and O–H groups in total. The maximum atomic E-state index is 13.6. The Kier molecular flexibility index (Phi) is 6.90. The van der Waals surface area contributed by atoms with Crippen molar-refractivity contribution >= 4 is 23.2 Å². The smallest absolute Gasteiger partial charge is 0.295 e. The number of aromatic nitrogens is 2. The molecule has 36 heavy (non-hydrogen) atoms. The van der Waals surface area contributed by atoms with Crippen molar-refractivity contribution in [2.24, 2.45) is 11.8 Å². The van der Waals surface area contributed by atoms with Crippen LogP contribution in [0.15, 0.2) is 59.4 Å². The van der Waals surface area contributed by atoms with E-state index in [0.717, 1.165) is 31.2 Å². The summed E-state index contributed by atoms with van der Waals surface area (Å²) in [6.45, 7) is 0.582. The highest BCUT2D eigenvalue weighted by molar-refractivity contribution is 6.48. The molecule has 1 aliphatic carbocycles. The van der Waals surface area contributed by atoms with Crippen LogP contribution in [0.4, 0.5) is 5.69 Å². The molecular weight excluding hydrogens is 462 g/mol. The Hall–Kier alpha value is -3.85. The Balaban J connectivity index is 1.57. The Morgan fingerprint density at radius 1 is 1.08 bits per heavy atom. The van der Waals surface area contributed by atoms with Crippen LogP contribution in [-0.2, 0) is 19.1 Å². The highest BCUT2D eigenvalue weighted by Crippen LogP contribution is 2.45. The molecule has 1 saturated carbocycles. The standard InChI is InChI=1S/C27H27N3O6/c1-34-15-16-35-26-20(7-4-13-28-26)23-22(24(31)18-5-2-3-6-18)25(32)27(33)30(23)19-10-8-17(9-11-19)21-12-14-36-29-21/h4,7-14,18,22-23H,2-3,5-6,15-16H2,1H3. The quantitative estimate of drug-likeness (QED) is 0.254. The first-order chi connectivity index (χ1) is 17.6. The lowest BCUT2D eigenvalue weighted by molar-refractivity contribution is -0.140. The number of hydrogen-bond donors (Lipinski definition) is 0. The molecule has 2 aromatic heterocycles. The minimum atomic E-state index is -1.12. The number of Topliss-reactive ketones (excluding diaryl/α,β-unsaturated/α-hetero) is 2. The van der Waals surface area contributed by atoms with E-state index in [9.17, 15) is 14.4 Å². The van der Waals surface area contributed by atoms with Crippen LogP contribution < -0.4 is 9.64 Å². The normalized spacial score (nSPS) is 20.3. The largest absolute Gasteiger partial charge is 0.475 e. The Labute approximate surface area is 208 Å². The van der Waals surface area contributed by atoms with Gasteiger partial charge in [-0.15, -0.1) is 0 Å². The number of nitrogens with zero attached hydrogens (tertiary/aromatic N) is 3. The molecule has 1 aliphatic heterocycles. The number of hydrogen-bond acceptors (Lipinski definition) is 8. The van der Waals surface area contributed by atoms with Crippen molar-refractivity contribution in [2.45, 2.75) is 31.7 Å². The molecule has 0 radical (unpaired) electrons. The van der Waals surface area contributed by atoms with E-state index >= 15 is 0 Å². The fourth-order valence-electron chi connectivity index (χ4n) is 5.14. The van der Waals surface area contributed by atoms with Crippen LogP contribution in [0.25, 0.3) is 11.3 Å². The van der Waals surface area contributed by atoms with Gasteiger partial charge in [-0.2, -0.15) is 0 Å². The van der Waals surface area contributed by atoms with E-state index in [0.29, 0.717) is 23.6 Å². The van der Waals surface area contributed by atoms with E-state index in [4.69, 9.17) is 14.0 Å². The zero-order chi connectivity index (χ0) is 25.1. The zero-order valence-corrected chi connectivity index (χ0v) is 20.0. The second-order valence-corrected chi connectivity index (χ2v) is 9.02. The molecule has 9 nitrogen and oxygen atoms in total. The number of anilines is 1. The average molecular weight is 490 g/mol. The van der Waals surface area contributed by atoms with Crippen LogP contribution in [0.1, 0.15) is 37.3 Å². The number of rotatable bonds is 9. The maximum Gasteiger partial charge on any atom is 0.295 e. The summed E-state index contributed by atoms with van der Waals surface area (Å²) in [7, 11) is 1.57. The van der Waals surface area contributed by atoms with E-state index in [1.165, 1.54) is 11.2 Å². The van der Waals surface area contributed by atoms with E-state index in [2.05, 4.69) is 10.1 Å². The van der Waals surface area contributed by atoms with Crippen LogP contribution in [-0.4, -0.2) is 47.9 Å². The van der Waals surface area contributed by atoms with Gasteiger partial charge in [0.1, 0.15) is 30.3 Å². The number of methoxy groups -OCH3 is 1. The second-order valence-electron chi connectivity index (χ2n) is 9.02. The molecule has 2 unspecified atom stereocenters. The van der Waals surface area contributed by atoms with Crippen molar-refractivity contribution in [1.29, 1.82) is 0 Å². The summed E-state index contributed by atoms with van der Waals surface area (Å²) in [6, 6.07) is 11.4. The number of amides is 1. The predicted molar refractivity (Wildman–Crippen MR) is 129 cm³/mol. The third kappa shape index (κ3) is 4.42. The fraction of sp³-hybridized carbons (Fsp3) is 0.370. The molecule has 5 rings (SSSR count). The van der Waals surface area contributed by atoms with E-state index < -0.39 is 23.7 Å². The summed E-state index contributed by atoms with van der Waals surface area (Å²) in [4.78, 5) is 46.2. The number of ether oxygens (including phenoxy) is 2. The van der Waals surface area contributed by atoms with Gasteiger partial charge >= 0.3 is 0 Å². The van der Waals surface area contributed by atoms with E-state index in [1.54, 1.807) is 55.8 Å². The van der Waals surface area contributed by atoms with Crippen LogP contribution >= 0.6 is 0 Å². The Bertz CT molecular complexity index is 1230. The monoisotopic (exact) mass is 489 g/mol. The summed E-state index contributed by atoms with van der Waals surface area (Å²) in [5.74, 6) is -2.65. The lowest BCUT2D eigenvalue weighted by Crippen LogP contribution is -2.33. The minimum absolute atomic E-state index is 0.177. The summed E-state index contributed by atoms with van der Waals surface area (Å²) in [6.07, 6.45) is 6.42. The molecule has 0 spiro atoms. The van der Waals surface area contributed by atoms with Crippen molar-refractivity contribution in [3.63, 3.8) is 0 Å². The molecule has 186 valence electrons. The van der Waals surface area contributed by atoms with Crippen molar-refractivity contribution in [3.05, 3.63) is 60.5 Å². The summed E-state index contributed by atoms with van der Waals surface area (Å²) < 4.78 is 15.9. The molecule has 9 heteroatoms. The fourth-order valence-corrected chi connectivity index (χ4v) is 5.14. The highest BCUT2D eigenvalue weighted by Gasteiger charge is 2.54. The molecule has 2 fully saturated rings. The number of benzene rings is 1. The van der Waals surface area contributed by atoms with Crippen molar-refractivity contribution in [1.82, 2.24) is 10.1 Å². The third-order valence-corrected chi connectivity index (χ3v) is 6.89. The first kappa shape index (κ1) is 23.9. The van der Waals surface area contributed by atoms with Crippen molar-refractivity contribution in [2.75, 3.05) is 25.2 Å². The van der Waals surface area contributed by atoms with Crippen molar-refractivity contribution in [3.8, 4) is 17.1 Å². The predicted octanol–water partition coefficient (Wildman–Crippen LogP) is 3.79. The number of ketones is 2. The molecule has 0 bridgehead atoms. The molecule has 3 aromatic rings. The van der Waals surface area contributed by atoms with E-state index in [1.807, 2.05) is 0 Å². The molecule has 3 heterocycles. The van der Waals surface area contributed by atoms with Crippen LogP contribution in [0.5, 0.6) is 5.88 Å². The SMILES string of the molecule is COCCOc1ncccc1C1C(C(=O)C2CCCC2)C(=O)C(=O)N1c1ccc(-c2ccon2)cc1. The van der Waals surface area contributed by atoms with Gasteiger partial charge in [0, 0.05) is 42.1 Å². The van der Waals surface area contributed by atoms with Crippen LogP contribution in [0.3, 0.4) is 0 Å². The Morgan fingerprint density at radius 3 is 2.56 bits per heavy atom. The number of carbonyl (C=O) groups is 3. The minimum Gasteiger partial charge on any atom is -0.475 e. The number of carbonyl (C=O) groups excluding carboxylic acids is 3. The first-order valence-corrected chi connectivity index (χ1v) is 12.1. The lowest BCUT2D eigenvalue weighted by atomic mass is 9.83. The van der Waals surface area contributed by atoms with Crippen molar-refractivity contribution < 1.29 is 28.4 Å². The average Bonchev–Trinajstić information content (AvgIpc) is 3.67. The summed E-state index contributed by atoms with van der Waals surface area (Å²) >= 11 is 0. The first-order valence-electron chi connectivity index (χ1n) is 12.1. The molecule has 1 aromatic carbocycles. The molecule has 2 atom stereocenters. The van der Waals surface area contributed by atoms with Gasteiger partial charge in [0.2, 0.25) is 11.7 Å². The van der Waals surface area contributed by atoms with Gasteiger partial charge < -0.3 is 14.0 Å². The molecule has 1 amide bonds. The van der Waals surface area contributed by atoms with Gasteiger partial charge in [0.25, 0.3) is 5.91 Å². The van der Waals surface area contributed by atoms with Gasteiger partial charge in [-0.1, -0.05) is 30.1 Å². The van der Waals surface area contributed by atoms with Gasteiger partial charge in [0.05, 0.1) is 12.6 Å². The summed E-state index contributed by atoms with van der Waals surface area (Å²) in [5.41, 5.74) is 2.46. The molecule has 2 aliphatic rings. The third-order valence-electron chi connectivity index (χ3n) is 6.89. The summed E-state index contributed by atoms with van der Waals surface area (Å²) in [5, 5.41) is 3.94.